The fraction of sp³-hybridized carbons (Fsp3) is 0.929. The molecule has 1 N–H and O–H groups in total. The largest absolute Gasteiger partial charge is 0.395 e. The van der Waals surface area contributed by atoms with E-state index in [1.807, 2.05) is 11.8 Å². The lowest BCUT2D eigenvalue weighted by atomic mass is 10.1. The van der Waals surface area contributed by atoms with Crippen LogP contribution < -0.4 is 0 Å². The second-order valence-corrected chi connectivity index (χ2v) is 5.14. The summed E-state index contributed by atoms with van der Waals surface area (Å²) in [6, 6.07) is 0.277. The number of aliphatic hydroxyl groups excluding tert-OH is 1. The summed E-state index contributed by atoms with van der Waals surface area (Å²) < 4.78 is 0. The van der Waals surface area contributed by atoms with E-state index in [4.69, 9.17) is 0 Å². The zero-order chi connectivity index (χ0) is 13.5. The van der Waals surface area contributed by atoms with Crippen LogP contribution in [-0.2, 0) is 4.79 Å². The molecule has 0 aliphatic carbocycles. The summed E-state index contributed by atoms with van der Waals surface area (Å²) >= 11 is 0. The van der Waals surface area contributed by atoms with Crippen molar-refractivity contribution in [2.45, 2.75) is 58.5 Å². The van der Waals surface area contributed by atoms with Crippen LogP contribution >= 0.6 is 0 Å². The maximum Gasteiger partial charge on any atom is 0.239 e. The molecule has 0 aromatic carbocycles. The summed E-state index contributed by atoms with van der Waals surface area (Å²) in [6.45, 7) is 8.78. The second-order valence-electron chi connectivity index (χ2n) is 5.14. The number of aliphatic hydroxyl groups is 1. The maximum atomic E-state index is 12.4. The molecule has 4 heteroatoms. The number of hydrogen-bond donors (Lipinski definition) is 1. The first kappa shape index (κ1) is 15.4. The Hall–Kier alpha value is -0.610. The molecular weight excluding hydrogens is 228 g/mol. The number of likely N-dealkylation sites (tertiary alicyclic amines) is 1. The SMILES string of the molecule is CCC(CC)N(CCO)C(C)C(=O)N1CCCC1. The number of carbonyl (C=O) groups excluding carboxylic acids is 1. The molecule has 0 spiro atoms. The van der Waals surface area contributed by atoms with Crippen LogP contribution in [0.2, 0.25) is 0 Å². The Labute approximate surface area is 111 Å². The minimum atomic E-state index is -0.111. The first-order valence-corrected chi connectivity index (χ1v) is 7.31. The highest BCUT2D eigenvalue weighted by Crippen LogP contribution is 2.16. The van der Waals surface area contributed by atoms with Gasteiger partial charge in [0, 0.05) is 25.7 Å². The van der Waals surface area contributed by atoms with Crippen LogP contribution in [0.5, 0.6) is 0 Å². The normalized spacial score (nSPS) is 17.8. The summed E-state index contributed by atoms with van der Waals surface area (Å²) in [4.78, 5) is 16.5. The summed E-state index contributed by atoms with van der Waals surface area (Å²) in [5.74, 6) is 0.229. The number of carbonyl (C=O) groups is 1. The lowest BCUT2D eigenvalue weighted by Gasteiger charge is -2.36. The predicted octanol–water partition coefficient (Wildman–Crippen LogP) is 1.48. The molecule has 0 saturated carbocycles. The Balaban J connectivity index is 2.67. The van der Waals surface area contributed by atoms with Gasteiger partial charge in [-0.1, -0.05) is 13.8 Å². The molecule has 1 rings (SSSR count). The van der Waals surface area contributed by atoms with Crippen LogP contribution in [0.15, 0.2) is 0 Å². The molecular formula is C14H28N2O2. The van der Waals surface area contributed by atoms with Crippen molar-refractivity contribution in [2.24, 2.45) is 0 Å². The van der Waals surface area contributed by atoms with Crippen LogP contribution in [0.1, 0.15) is 46.5 Å². The Kier molecular flexibility index (Phi) is 6.65. The number of amides is 1. The molecule has 1 heterocycles. The summed E-state index contributed by atoms with van der Waals surface area (Å²) in [7, 11) is 0. The van der Waals surface area contributed by atoms with E-state index in [1.165, 1.54) is 0 Å². The van der Waals surface area contributed by atoms with Crippen LogP contribution in [-0.4, -0.2) is 59.1 Å². The topological polar surface area (TPSA) is 43.8 Å². The van der Waals surface area contributed by atoms with E-state index in [0.717, 1.165) is 38.8 Å². The average molecular weight is 256 g/mol. The molecule has 106 valence electrons. The molecule has 1 amide bonds. The van der Waals surface area contributed by atoms with Gasteiger partial charge >= 0.3 is 0 Å². The Morgan fingerprint density at radius 3 is 2.28 bits per heavy atom. The molecule has 0 aromatic rings. The van der Waals surface area contributed by atoms with E-state index in [-0.39, 0.29) is 18.6 Å². The highest BCUT2D eigenvalue weighted by molar-refractivity contribution is 5.81. The van der Waals surface area contributed by atoms with Crippen molar-refractivity contribution in [2.75, 3.05) is 26.2 Å². The Morgan fingerprint density at radius 1 is 1.28 bits per heavy atom. The van der Waals surface area contributed by atoms with E-state index in [2.05, 4.69) is 18.7 Å². The first-order chi connectivity index (χ1) is 8.65. The summed E-state index contributed by atoms with van der Waals surface area (Å²) in [5.41, 5.74) is 0. The number of hydrogen-bond acceptors (Lipinski definition) is 3. The third kappa shape index (κ3) is 3.69. The van der Waals surface area contributed by atoms with Crippen molar-refractivity contribution >= 4 is 5.91 Å². The van der Waals surface area contributed by atoms with Gasteiger partial charge in [0.05, 0.1) is 12.6 Å². The minimum absolute atomic E-state index is 0.111. The van der Waals surface area contributed by atoms with Gasteiger partial charge in [-0.15, -0.1) is 0 Å². The minimum Gasteiger partial charge on any atom is -0.395 e. The second kappa shape index (κ2) is 7.74. The van der Waals surface area contributed by atoms with Gasteiger partial charge in [0.1, 0.15) is 0 Å². The Bertz CT molecular complexity index is 248. The van der Waals surface area contributed by atoms with Crippen molar-refractivity contribution in [3.63, 3.8) is 0 Å². The van der Waals surface area contributed by atoms with Crippen LogP contribution in [0, 0.1) is 0 Å². The molecule has 1 fully saturated rings. The van der Waals surface area contributed by atoms with Gasteiger partial charge in [-0.2, -0.15) is 0 Å². The van der Waals surface area contributed by atoms with E-state index in [1.54, 1.807) is 0 Å². The molecule has 0 radical (unpaired) electrons. The monoisotopic (exact) mass is 256 g/mol. The lowest BCUT2D eigenvalue weighted by Crippen LogP contribution is -2.51. The van der Waals surface area contributed by atoms with Gasteiger partial charge in [0.25, 0.3) is 0 Å². The van der Waals surface area contributed by atoms with Crippen molar-refractivity contribution in [1.29, 1.82) is 0 Å². The van der Waals surface area contributed by atoms with Gasteiger partial charge in [-0.05, 0) is 32.6 Å². The van der Waals surface area contributed by atoms with Gasteiger partial charge in [0.15, 0.2) is 0 Å². The van der Waals surface area contributed by atoms with Gasteiger partial charge in [-0.25, -0.2) is 0 Å². The quantitative estimate of drug-likeness (QED) is 0.750. The maximum absolute atomic E-state index is 12.4. The van der Waals surface area contributed by atoms with Crippen molar-refractivity contribution in [3.05, 3.63) is 0 Å². The Morgan fingerprint density at radius 2 is 1.83 bits per heavy atom. The molecule has 1 unspecified atom stereocenters. The number of rotatable bonds is 7. The molecule has 0 bridgehead atoms. The van der Waals surface area contributed by atoms with Crippen LogP contribution in [0.4, 0.5) is 0 Å². The molecule has 1 aliphatic heterocycles. The number of nitrogens with zero attached hydrogens (tertiary/aromatic N) is 2. The van der Waals surface area contributed by atoms with Crippen molar-refractivity contribution in [1.82, 2.24) is 9.80 Å². The fourth-order valence-corrected chi connectivity index (χ4v) is 2.91. The van der Waals surface area contributed by atoms with E-state index in [0.29, 0.717) is 12.6 Å². The molecule has 18 heavy (non-hydrogen) atoms. The standard InChI is InChI=1S/C14H28N2O2/c1-4-13(5-2)16(10-11-17)12(3)14(18)15-8-6-7-9-15/h12-13,17H,4-11H2,1-3H3. The van der Waals surface area contributed by atoms with Crippen molar-refractivity contribution < 1.29 is 9.90 Å². The molecule has 1 saturated heterocycles. The van der Waals surface area contributed by atoms with Gasteiger partial charge < -0.3 is 10.0 Å². The van der Waals surface area contributed by atoms with Gasteiger partial charge in [-0.3, -0.25) is 9.69 Å². The average Bonchev–Trinajstić information content (AvgIpc) is 2.91. The van der Waals surface area contributed by atoms with Crippen LogP contribution in [0.3, 0.4) is 0 Å². The third-order valence-electron chi connectivity index (χ3n) is 4.04. The molecule has 0 aromatic heterocycles. The third-order valence-corrected chi connectivity index (χ3v) is 4.04. The first-order valence-electron chi connectivity index (χ1n) is 7.31. The van der Waals surface area contributed by atoms with E-state index < -0.39 is 0 Å². The van der Waals surface area contributed by atoms with Crippen LogP contribution in [0.25, 0.3) is 0 Å². The smallest absolute Gasteiger partial charge is 0.239 e. The zero-order valence-electron chi connectivity index (χ0n) is 12.1. The van der Waals surface area contributed by atoms with Gasteiger partial charge in [0.2, 0.25) is 5.91 Å². The summed E-state index contributed by atoms with van der Waals surface area (Å²) in [5, 5.41) is 9.21. The van der Waals surface area contributed by atoms with E-state index >= 15 is 0 Å². The zero-order valence-corrected chi connectivity index (χ0v) is 12.1. The summed E-state index contributed by atoms with van der Waals surface area (Å²) in [6.07, 6.45) is 4.30. The lowest BCUT2D eigenvalue weighted by molar-refractivity contribution is -0.136. The fourth-order valence-electron chi connectivity index (χ4n) is 2.91. The highest BCUT2D eigenvalue weighted by atomic mass is 16.3. The van der Waals surface area contributed by atoms with Crippen molar-refractivity contribution in [3.8, 4) is 0 Å². The molecule has 1 atom stereocenters. The molecule has 1 aliphatic rings. The predicted molar refractivity (Wildman–Crippen MR) is 73.4 cm³/mol. The highest BCUT2D eigenvalue weighted by Gasteiger charge is 2.30. The van der Waals surface area contributed by atoms with E-state index in [9.17, 15) is 9.90 Å². The molecule has 4 nitrogen and oxygen atoms in total.